The van der Waals surface area contributed by atoms with E-state index in [9.17, 15) is 9.90 Å². The fourth-order valence-electron chi connectivity index (χ4n) is 5.04. The van der Waals surface area contributed by atoms with Crippen molar-refractivity contribution in [3.63, 3.8) is 0 Å². The summed E-state index contributed by atoms with van der Waals surface area (Å²) in [4.78, 5) is 16.3. The van der Waals surface area contributed by atoms with Crippen molar-refractivity contribution in [3.05, 3.63) is 53.6 Å². The lowest BCUT2D eigenvalue weighted by molar-refractivity contribution is -0.130. The minimum absolute atomic E-state index is 0.159. The number of carbonyl (C=O) groups is 1. The molecule has 2 aromatic rings. The molecule has 0 spiro atoms. The highest BCUT2D eigenvalue weighted by atomic mass is 16.5. The monoisotopic (exact) mass is 526 g/mol. The van der Waals surface area contributed by atoms with Crippen LogP contribution >= 0.6 is 0 Å². The number of aliphatic hydroxyl groups is 1. The fraction of sp³-hybridized carbons (Fsp3) is 0.567. The van der Waals surface area contributed by atoms with Crippen LogP contribution in [-0.4, -0.2) is 86.1 Å². The van der Waals surface area contributed by atoms with Crippen LogP contribution in [0.15, 0.2) is 42.5 Å². The summed E-state index contributed by atoms with van der Waals surface area (Å²) in [7, 11) is 1.64. The number of rotatable bonds is 11. The van der Waals surface area contributed by atoms with Crippen molar-refractivity contribution in [2.24, 2.45) is 0 Å². The maximum absolute atomic E-state index is 12.2. The van der Waals surface area contributed by atoms with Crippen LogP contribution in [0.5, 0.6) is 17.2 Å². The molecule has 1 N–H and O–H groups in total. The van der Waals surface area contributed by atoms with Crippen molar-refractivity contribution < 1.29 is 28.8 Å². The normalized spacial score (nSPS) is 21.0. The van der Waals surface area contributed by atoms with Crippen molar-refractivity contribution in [1.82, 2.24) is 9.80 Å². The van der Waals surface area contributed by atoms with E-state index in [1.807, 2.05) is 54.3 Å². The number of carbonyl (C=O) groups excluding carboxylic acids is 1. The van der Waals surface area contributed by atoms with Gasteiger partial charge in [-0.05, 0) is 61.6 Å². The van der Waals surface area contributed by atoms with Crippen molar-refractivity contribution in [2.45, 2.75) is 51.2 Å². The molecule has 0 unspecified atom stereocenters. The lowest BCUT2D eigenvalue weighted by Crippen LogP contribution is -2.48. The Balaban J connectivity index is 1.29. The van der Waals surface area contributed by atoms with Gasteiger partial charge in [-0.3, -0.25) is 9.69 Å². The van der Waals surface area contributed by atoms with Crippen LogP contribution in [0.25, 0.3) is 0 Å². The predicted octanol–water partition coefficient (Wildman–Crippen LogP) is 3.82. The van der Waals surface area contributed by atoms with Crippen molar-refractivity contribution in [2.75, 3.05) is 59.7 Å². The highest BCUT2D eigenvalue weighted by Gasteiger charge is 2.33. The van der Waals surface area contributed by atoms with Gasteiger partial charge in [0, 0.05) is 39.1 Å². The Labute approximate surface area is 226 Å². The molecular weight excluding hydrogens is 484 g/mol. The first-order valence-electron chi connectivity index (χ1n) is 13.7. The van der Waals surface area contributed by atoms with Crippen LogP contribution < -0.4 is 14.2 Å². The number of hydrogen-bond donors (Lipinski definition) is 1. The summed E-state index contributed by atoms with van der Waals surface area (Å²) in [5.74, 6) is 2.38. The predicted molar refractivity (Wildman–Crippen MR) is 146 cm³/mol. The molecule has 4 rings (SSSR count). The molecule has 0 saturated carbocycles. The number of nitrogens with zero attached hydrogens (tertiary/aromatic N) is 2. The first-order valence-corrected chi connectivity index (χ1v) is 13.7. The molecule has 8 heteroatoms. The van der Waals surface area contributed by atoms with Crippen LogP contribution in [0.4, 0.5) is 0 Å². The van der Waals surface area contributed by atoms with Gasteiger partial charge in [0.2, 0.25) is 5.91 Å². The van der Waals surface area contributed by atoms with Gasteiger partial charge in [0.1, 0.15) is 18.0 Å². The Morgan fingerprint density at radius 1 is 1.05 bits per heavy atom. The summed E-state index contributed by atoms with van der Waals surface area (Å²) in [5, 5.41) is 11.3. The molecule has 0 aromatic heterocycles. The number of amides is 1. The summed E-state index contributed by atoms with van der Waals surface area (Å²) < 4.78 is 23.3. The van der Waals surface area contributed by atoms with Crippen LogP contribution in [0.3, 0.4) is 0 Å². The molecule has 1 amide bonds. The lowest BCUT2D eigenvalue weighted by atomic mass is 10.1. The van der Waals surface area contributed by atoms with E-state index in [2.05, 4.69) is 4.90 Å². The molecular formula is C30H42N2O6. The number of hydrogen-bond acceptors (Lipinski definition) is 7. The molecule has 8 nitrogen and oxygen atoms in total. The quantitative estimate of drug-likeness (QED) is 0.446. The van der Waals surface area contributed by atoms with Gasteiger partial charge in [0.25, 0.3) is 0 Å². The summed E-state index contributed by atoms with van der Waals surface area (Å²) in [6.45, 7) is 6.85. The summed E-state index contributed by atoms with van der Waals surface area (Å²) >= 11 is 0. The number of β-amino-alcohol motifs (C(OH)–C–C–N with tert-alkyl or cyclic N) is 1. The largest absolute Gasteiger partial charge is 0.493 e. The Morgan fingerprint density at radius 3 is 2.79 bits per heavy atom. The van der Waals surface area contributed by atoms with Crippen LogP contribution in [-0.2, 0) is 16.1 Å². The number of likely N-dealkylation sites (tertiary alicyclic amines) is 1. The second-order valence-electron chi connectivity index (χ2n) is 10.5. The zero-order valence-electron chi connectivity index (χ0n) is 22.8. The summed E-state index contributed by atoms with van der Waals surface area (Å²) in [6.07, 6.45) is 4.67. The van der Waals surface area contributed by atoms with Gasteiger partial charge >= 0.3 is 0 Å². The van der Waals surface area contributed by atoms with E-state index in [4.69, 9.17) is 18.9 Å². The third-order valence-electron chi connectivity index (χ3n) is 7.07. The maximum Gasteiger partial charge on any atom is 0.222 e. The van der Waals surface area contributed by atoms with Gasteiger partial charge in [-0.2, -0.15) is 0 Å². The molecule has 2 fully saturated rings. The first-order chi connectivity index (χ1) is 18.4. The zero-order chi connectivity index (χ0) is 26.8. The minimum atomic E-state index is -1.11. The van der Waals surface area contributed by atoms with E-state index in [0.717, 1.165) is 55.6 Å². The Morgan fingerprint density at radius 2 is 1.95 bits per heavy atom. The number of ether oxygens (including phenoxy) is 4. The van der Waals surface area contributed by atoms with Gasteiger partial charge in [-0.1, -0.05) is 24.6 Å². The minimum Gasteiger partial charge on any atom is -0.493 e. The molecule has 2 aliphatic heterocycles. The van der Waals surface area contributed by atoms with E-state index in [1.54, 1.807) is 7.11 Å². The molecule has 2 aliphatic rings. The number of benzene rings is 2. The molecule has 208 valence electrons. The molecule has 2 saturated heterocycles. The Kier molecular flexibility index (Phi) is 10.3. The first kappa shape index (κ1) is 28.2. The van der Waals surface area contributed by atoms with E-state index >= 15 is 0 Å². The smallest absolute Gasteiger partial charge is 0.222 e. The van der Waals surface area contributed by atoms with E-state index in [-0.39, 0.29) is 19.1 Å². The molecule has 0 bridgehead atoms. The zero-order valence-corrected chi connectivity index (χ0v) is 22.8. The Bertz CT molecular complexity index is 1050. The van der Waals surface area contributed by atoms with Gasteiger partial charge in [-0.15, -0.1) is 0 Å². The molecule has 2 aromatic carbocycles. The number of methoxy groups -OCH3 is 1. The topological polar surface area (TPSA) is 80.7 Å². The van der Waals surface area contributed by atoms with Crippen molar-refractivity contribution in [3.8, 4) is 17.2 Å². The second-order valence-corrected chi connectivity index (χ2v) is 10.5. The van der Waals surface area contributed by atoms with Crippen molar-refractivity contribution in [1.29, 1.82) is 0 Å². The maximum atomic E-state index is 12.2. The lowest BCUT2D eigenvalue weighted by Gasteiger charge is -2.30. The molecule has 38 heavy (non-hydrogen) atoms. The number of aryl methyl sites for hydroxylation is 1. The molecule has 0 aliphatic carbocycles. The van der Waals surface area contributed by atoms with Crippen LogP contribution in [0.2, 0.25) is 0 Å². The summed E-state index contributed by atoms with van der Waals surface area (Å²) in [5.41, 5.74) is 1.07. The fourth-order valence-corrected chi connectivity index (χ4v) is 5.04. The SMILES string of the molecule is COc1cc(CN2CCOC[C@](O)(COc3cccc(C)c3)C2)ccc1OCCCN1CCCCCC1=O. The van der Waals surface area contributed by atoms with E-state index in [1.165, 1.54) is 0 Å². The average Bonchev–Trinajstić information content (AvgIpc) is 3.23. The van der Waals surface area contributed by atoms with E-state index < -0.39 is 5.60 Å². The molecule has 1 atom stereocenters. The standard InChI is InChI=1S/C30H42N2O6/c1-24-8-6-9-26(18-24)38-23-30(34)21-31(15-17-36-22-30)20-25-11-12-27(28(19-25)35-2)37-16-7-14-32-13-5-3-4-10-29(32)33/h6,8-9,11-12,18-19,34H,3-5,7,10,13-17,20-23H2,1-2H3/t30-/m0/s1. The van der Waals surface area contributed by atoms with Crippen molar-refractivity contribution >= 4 is 5.91 Å². The molecule has 2 heterocycles. The van der Waals surface area contributed by atoms with Crippen LogP contribution in [0, 0.1) is 6.92 Å². The average molecular weight is 527 g/mol. The van der Waals surface area contributed by atoms with Gasteiger partial charge in [-0.25, -0.2) is 0 Å². The van der Waals surface area contributed by atoms with Gasteiger partial charge < -0.3 is 29.0 Å². The third-order valence-corrected chi connectivity index (χ3v) is 7.07. The van der Waals surface area contributed by atoms with Gasteiger partial charge in [0.05, 0.1) is 26.9 Å². The van der Waals surface area contributed by atoms with Gasteiger partial charge in [0.15, 0.2) is 11.5 Å². The van der Waals surface area contributed by atoms with E-state index in [0.29, 0.717) is 50.8 Å². The Hall–Kier alpha value is -2.81. The highest BCUT2D eigenvalue weighted by Crippen LogP contribution is 2.29. The second kappa shape index (κ2) is 13.8. The highest BCUT2D eigenvalue weighted by molar-refractivity contribution is 5.76. The third kappa shape index (κ3) is 8.35. The molecule has 0 radical (unpaired) electrons. The summed E-state index contributed by atoms with van der Waals surface area (Å²) in [6, 6.07) is 13.8. The van der Waals surface area contributed by atoms with Crippen LogP contribution in [0.1, 0.15) is 43.2 Å².